The van der Waals surface area contributed by atoms with Crippen LogP contribution in [0.5, 0.6) is 0 Å². The molecule has 0 N–H and O–H groups in total. The molecule has 0 aliphatic carbocycles. The van der Waals surface area contributed by atoms with E-state index >= 15 is 0 Å². The Bertz CT molecular complexity index is 269. The molecular weight excluding hydrogens is 168 g/mol. The highest BCUT2D eigenvalue weighted by molar-refractivity contribution is 5.54. The summed E-state index contributed by atoms with van der Waals surface area (Å²) >= 11 is 0. The van der Waals surface area contributed by atoms with Gasteiger partial charge < -0.3 is 14.6 Å². The van der Waals surface area contributed by atoms with Crippen LogP contribution in [-0.2, 0) is 4.74 Å². The number of carbonyl (C=O) groups is 1. The van der Waals surface area contributed by atoms with Crippen molar-refractivity contribution in [2.75, 3.05) is 0 Å². The van der Waals surface area contributed by atoms with E-state index in [-0.39, 0.29) is 0 Å². The zero-order valence-corrected chi connectivity index (χ0v) is 7.40. The van der Waals surface area contributed by atoms with Crippen molar-refractivity contribution in [2.45, 2.75) is 19.4 Å². The van der Waals surface area contributed by atoms with Crippen LogP contribution in [-0.4, -0.2) is 6.16 Å². The molecule has 0 heterocycles. The Morgan fingerprint density at radius 1 is 1.46 bits per heavy atom. The molecule has 0 aliphatic heterocycles. The molecule has 3 heteroatoms. The van der Waals surface area contributed by atoms with Crippen molar-refractivity contribution in [3.63, 3.8) is 0 Å². The van der Waals surface area contributed by atoms with Gasteiger partial charge in [-0.3, -0.25) is 0 Å². The maximum atomic E-state index is 10.2. The summed E-state index contributed by atoms with van der Waals surface area (Å²) in [5.41, 5.74) is 0.856. The SMILES string of the molecule is CCC(OC(=O)[O-])c1ccccc1. The summed E-state index contributed by atoms with van der Waals surface area (Å²) < 4.78 is 4.59. The van der Waals surface area contributed by atoms with E-state index in [0.717, 1.165) is 5.56 Å². The van der Waals surface area contributed by atoms with E-state index < -0.39 is 12.3 Å². The maximum Gasteiger partial charge on any atom is 0.252 e. The number of carbonyl (C=O) groups excluding carboxylic acids is 1. The van der Waals surface area contributed by atoms with Crippen LogP contribution < -0.4 is 5.11 Å². The first-order valence-electron chi connectivity index (χ1n) is 4.16. The molecule has 3 nitrogen and oxygen atoms in total. The van der Waals surface area contributed by atoms with Crippen LogP contribution in [0.1, 0.15) is 25.0 Å². The zero-order chi connectivity index (χ0) is 9.68. The molecule has 1 aromatic rings. The summed E-state index contributed by atoms with van der Waals surface area (Å²) in [5.74, 6) is 0. The van der Waals surface area contributed by atoms with E-state index in [9.17, 15) is 9.90 Å². The first kappa shape index (κ1) is 9.58. The standard InChI is InChI=1S/C10H12O3/c1-2-9(13-10(11)12)8-6-4-3-5-7-8/h3-7,9H,2H2,1H3,(H,11,12)/p-1. The van der Waals surface area contributed by atoms with Gasteiger partial charge in [0.25, 0.3) is 6.16 Å². The minimum absolute atomic E-state index is 0.411. The number of rotatable bonds is 3. The van der Waals surface area contributed by atoms with Gasteiger partial charge in [0.1, 0.15) is 0 Å². The third-order valence-corrected chi connectivity index (χ3v) is 1.78. The highest BCUT2D eigenvalue weighted by Gasteiger charge is 2.05. The minimum Gasteiger partial charge on any atom is -0.542 e. The monoisotopic (exact) mass is 179 g/mol. The maximum absolute atomic E-state index is 10.2. The van der Waals surface area contributed by atoms with Crippen LogP contribution >= 0.6 is 0 Å². The Labute approximate surface area is 77.0 Å². The predicted molar refractivity (Wildman–Crippen MR) is 46.0 cm³/mol. The van der Waals surface area contributed by atoms with Crippen molar-refractivity contribution in [3.8, 4) is 0 Å². The van der Waals surface area contributed by atoms with E-state index in [4.69, 9.17) is 0 Å². The van der Waals surface area contributed by atoms with Gasteiger partial charge in [-0.1, -0.05) is 37.3 Å². The van der Waals surface area contributed by atoms with Crippen molar-refractivity contribution in [1.82, 2.24) is 0 Å². The zero-order valence-electron chi connectivity index (χ0n) is 7.40. The van der Waals surface area contributed by atoms with Crippen molar-refractivity contribution in [3.05, 3.63) is 35.9 Å². The Morgan fingerprint density at radius 2 is 2.08 bits per heavy atom. The summed E-state index contributed by atoms with van der Waals surface area (Å²) in [6.45, 7) is 1.86. The number of carboxylic acid groups (broad SMARTS) is 1. The van der Waals surface area contributed by atoms with Gasteiger partial charge in [-0.25, -0.2) is 0 Å². The third-order valence-electron chi connectivity index (χ3n) is 1.78. The lowest BCUT2D eigenvalue weighted by molar-refractivity contribution is -0.288. The molecule has 70 valence electrons. The second kappa shape index (κ2) is 4.50. The second-order valence-electron chi connectivity index (χ2n) is 2.68. The second-order valence-corrected chi connectivity index (χ2v) is 2.68. The van der Waals surface area contributed by atoms with Crippen molar-refractivity contribution < 1.29 is 14.6 Å². The van der Waals surface area contributed by atoms with Crippen LogP contribution in [0.3, 0.4) is 0 Å². The average Bonchev–Trinajstić information content (AvgIpc) is 2.15. The number of hydrogen-bond donors (Lipinski definition) is 0. The molecule has 0 spiro atoms. The van der Waals surface area contributed by atoms with Gasteiger partial charge in [0.05, 0.1) is 6.10 Å². The first-order chi connectivity index (χ1) is 6.24. The van der Waals surface area contributed by atoms with Gasteiger partial charge in [0, 0.05) is 0 Å². The summed E-state index contributed by atoms with van der Waals surface area (Å²) in [5, 5.41) is 10.2. The number of benzene rings is 1. The predicted octanol–water partition coefficient (Wildman–Crippen LogP) is 1.50. The lowest BCUT2D eigenvalue weighted by Gasteiger charge is -2.20. The van der Waals surface area contributed by atoms with E-state index in [2.05, 4.69) is 4.74 Å². The molecule has 1 aromatic carbocycles. The molecular formula is C10H11O3-. The molecule has 0 bridgehead atoms. The molecule has 0 fully saturated rings. The molecule has 1 rings (SSSR count). The summed E-state index contributed by atoms with van der Waals surface area (Å²) in [7, 11) is 0. The van der Waals surface area contributed by atoms with Crippen LogP contribution in [0.25, 0.3) is 0 Å². The molecule has 0 saturated carbocycles. The molecule has 0 radical (unpaired) electrons. The summed E-state index contributed by atoms with van der Waals surface area (Å²) in [6.07, 6.45) is -1.28. The summed E-state index contributed by atoms with van der Waals surface area (Å²) in [4.78, 5) is 10.2. The first-order valence-corrected chi connectivity index (χ1v) is 4.16. The fraction of sp³-hybridized carbons (Fsp3) is 0.300. The number of ether oxygens (including phenoxy) is 1. The van der Waals surface area contributed by atoms with E-state index in [1.54, 1.807) is 0 Å². The van der Waals surface area contributed by atoms with Gasteiger partial charge in [-0.2, -0.15) is 0 Å². The summed E-state index contributed by atoms with van der Waals surface area (Å²) in [6, 6.07) is 9.22. The fourth-order valence-corrected chi connectivity index (χ4v) is 1.17. The van der Waals surface area contributed by atoms with Gasteiger partial charge >= 0.3 is 0 Å². The van der Waals surface area contributed by atoms with E-state index in [1.807, 2.05) is 37.3 Å². The van der Waals surface area contributed by atoms with Crippen LogP contribution in [0, 0.1) is 0 Å². The average molecular weight is 179 g/mol. The van der Waals surface area contributed by atoms with Crippen molar-refractivity contribution in [2.24, 2.45) is 0 Å². The van der Waals surface area contributed by atoms with Crippen molar-refractivity contribution >= 4 is 6.16 Å². The van der Waals surface area contributed by atoms with Crippen LogP contribution in [0.4, 0.5) is 4.79 Å². The Kier molecular flexibility index (Phi) is 3.31. The largest absolute Gasteiger partial charge is 0.542 e. The normalized spacial score (nSPS) is 12.1. The lowest BCUT2D eigenvalue weighted by Crippen LogP contribution is -2.25. The Hall–Kier alpha value is -1.51. The highest BCUT2D eigenvalue weighted by Crippen LogP contribution is 2.19. The molecule has 13 heavy (non-hydrogen) atoms. The fourth-order valence-electron chi connectivity index (χ4n) is 1.17. The minimum atomic E-state index is -1.48. The topological polar surface area (TPSA) is 49.4 Å². The van der Waals surface area contributed by atoms with E-state index in [0.29, 0.717) is 6.42 Å². The van der Waals surface area contributed by atoms with Crippen LogP contribution in [0.2, 0.25) is 0 Å². The highest BCUT2D eigenvalue weighted by atomic mass is 16.7. The molecule has 0 aromatic heterocycles. The van der Waals surface area contributed by atoms with Gasteiger partial charge in [-0.05, 0) is 12.0 Å². The number of hydrogen-bond acceptors (Lipinski definition) is 3. The quantitative estimate of drug-likeness (QED) is 0.660. The van der Waals surface area contributed by atoms with Crippen LogP contribution in [0.15, 0.2) is 30.3 Å². The Balaban J connectivity index is 2.73. The molecule has 0 amide bonds. The van der Waals surface area contributed by atoms with E-state index in [1.165, 1.54) is 0 Å². The Morgan fingerprint density at radius 3 is 2.54 bits per heavy atom. The molecule has 0 saturated heterocycles. The third kappa shape index (κ3) is 2.78. The lowest BCUT2D eigenvalue weighted by atomic mass is 10.1. The van der Waals surface area contributed by atoms with Gasteiger partial charge in [0.15, 0.2) is 0 Å². The van der Waals surface area contributed by atoms with Gasteiger partial charge in [-0.15, -0.1) is 0 Å². The smallest absolute Gasteiger partial charge is 0.252 e. The molecule has 1 atom stereocenters. The molecule has 0 aliphatic rings. The molecule has 1 unspecified atom stereocenters. The van der Waals surface area contributed by atoms with Crippen molar-refractivity contribution in [1.29, 1.82) is 0 Å². The van der Waals surface area contributed by atoms with Gasteiger partial charge in [0.2, 0.25) is 0 Å².